The van der Waals surface area contributed by atoms with Gasteiger partial charge < -0.3 is 10.6 Å². The molecule has 1 heterocycles. The summed E-state index contributed by atoms with van der Waals surface area (Å²) in [6.07, 6.45) is 2.99. The Balaban J connectivity index is 2.11. The van der Waals surface area contributed by atoms with Crippen molar-refractivity contribution in [1.82, 2.24) is 9.97 Å². The average molecular weight is 305 g/mol. The van der Waals surface area contributed by atoms with Gasteiger partial charge in [-0.15, -0.1) is 0 Å². The van der Waals surface area contributed by atoms with Crippen LogP contribution < -0.4 is 10.6 Å². The van der Waals surface area contributed by atoms with Gasteiger partial charge in [-0.2, -0.15) is 0 Å². The van der Waals surface area contributed by atoms with Gasteiger partial charge in [0.05, 0.1) is 12.4 Å². The predicted molar refractivity (Wildman–Crippen MR) is 84.9 cm³/mol. The molecule has 6 heteroatoms. The minimum absolute atomic E-state index is 0.253. The van der Waals surface area contributed by atoms with Crippen molar-refractivity contribution in [1.29, 1.82) is 0 Å². The predicted octanol–water partition coefficient (Wildman–Crippen LogP) is 3.51. The Hall–Kier alpha value is -2.14. The van der Waals surface area contributed by atoms with Crippen molar-refractivity contribution >= 4 is 29.0 Å². The highest BCUT2D eigenvalue weighted by Crippen LogP contribution is 2.23. The van der Waals surface area contributed by atoms with E-state index in [1.807, 2.05) is 20.8 Å². The molecule has 0 aliphatic heterocycles. The normalized spacial score (nSPS) is 10.5. The van der Waals surface area contributed by atoms with Crippen LogP contribution in [0.15, 0.2) is 30.6 Å². The topological polar surface area (TPSA) is 66.9 Å². The zero-order chi connectivity index (χ0) is 15.4. The Bertz CT molecular complexity index is 641. The number of carbonyl (C=O) groups excluding carboxylic acids is 1. The molecule has 0 saturated heterocycles. The molecule has 0 aliphatic rings. The summed E-state index contributed by atoms with van der Waals surface area (Å²) >= 11 is 6.02. The van der Waals surface area contributed by atoms with Crippen LogP contribution in [0.4, 0.5) is 11.5 Å². The fourth-order valence-electron chi connectivity index (χ4n) is 1.74. The number of halogens is 1. The van der Waals surface area contributed by atoms with Crippen LogP contribution >= 0.6 is 11.6 Å². The monoisotopic (exact) mass is 304 g/mol. The highest BCUT2D eigenvalue weighted by atomic mass is 35.5. The second kappa shape index (κ2) is 6.54. The molecule has 2 rings (SSSR count). The number of hydrogen-bond acceptors (Lipinski definition) is 4. The Morgan fingerprint density at radius 3 is 2.62 bits per heavy atom. The maximum atomic E-state index is 12.1. The van der Waals surface area contributed by atoms with E-state index >= 15 is 0 Å². The molecule has 2 aromatic rings. The molecule has 21 heavy (non-hydrogen) atoms. The summed E-state index contributed by atoms with van der Waals surface area (Å²) in [5, 5.41) is 6.50. The van der Waals surface area contributed by atoms with Gasteiger partial charge in [0.1, 0.15) is 11.5 Å². The van der Waals surface area contributed by atoms with Crippen molar-refractivity contribution in [2.75, 3.05) is 10.6 Å². The lowest BCUT2D eigenvalue weighted by Gasteiger charge is -2.10. The van der Waals surface area contributed by atoms with Crippen molar-refractivity contribution in [2.24, 2.45) is 0 Å². The molecule has 0 aliphatic carbocycles. The Kier molecular flexibility index (Phi) is 4.75. The first kappa shape index (κ1) is 15.3. The second-order valence-corrected chi connectivity index (χ2v) is 5.36. The number of nitrogens with zero attached hydrogens (tertiary/aromatic N) is 2. The number of nitrogens with one attached hydrogen (secondary N) is 2. The summed E-state index contributed by atoms with van der Waals surface area (Å²) in [4.78, 5) is 20.4. The number of rotatable bonds is 4. The van der Waals surface area contributed by atoms with Crippen molar-refractivity contribution in [3.05, 3.63) is 46.9 Å². The molecule has 0 unspecified atom stereocenters. The summed E-state index contributed by atoms with van der Waals surface area (Å²) in [5.41, 5.74) is 1.74. The first-order valence-electron chi connectivity index (χ1n) is 6.62. The molecule has 1 amide bonds. The van der Waals surface area contributed by atoms with E-state index in [9.17, 15) is 4.79 Å². The lowest BCUT2D eigenvalue weighted by Crippen LogP contribution is -2.16. The molecule has 0 spiro atoms. The minimum Gasteiger partial charge on any atom is -0.367 e. The quantitative estimate of drug-likeness (QED) is 0.907. The fourth-order valence-corrected chi connectivity index (χ4v) is 1.92. The summed E-state index contributed by atoms with van der Waals surface area (Å²) in [5.74, 6) is 0.324. The third-order valence-corrected chi connectivity index (χ3v) is 3.25. The maximum Gasteiger partial charge on any atom is 0.275 e. The van der Waals surface area contributed by atoms with Crippen molar-refractivity contribution in [3.63, 3.8) is 0 Å². The minimum atomic E-state index is -0.316. The van der Waals surface area contributed by atoms with Crippen LogP contribution in [0.1, 0.15) is 29.9 Å². The highest BCUT2D eigenvalue weighted by Gasteiger charge is 2.11. The summed E-state index contributed by atoms with van der Waals surface area (Å²) < 4.78 is 0. The molecule has 2 N–H and O–H groups in total. The van der Waals surface area contributed by atoms with Gasteiger partial charge in [0.25, 0.3) is 5.91 Å². The van der Waals surface area contributed by atoms with E-state index in [0.717, 1.165) is 5.56 Å². The second-order valence-electron chi connectivity index (χ2n) is 4.95. The van der Waals surface area contributed by atoms with Crippen LogP contribution in [0.25, 0.3) is 0 Å². The number of aromatic nitrogens is 2. The Labute approximate surface area is 128 Å². The van der Waals surface area contributed by atoms with Crippen LogP contribution in [0.3, 0.4) is 0 Å². The zero-order valence-corrected chi connectivity index (χ0v) is 12.9. The Morgan fingerprint density at radius 2 is 2.00 bits per heavy atom. The molecule has 0 saturated carbocycles. The third kappa shape index (κ3) is 3.92. The van der Waals surface area contributed by atoms with Crippen molar-refractivity contribution < 1.29 is 4.79 Å². The van der Waals surface area contributed by atoms with E-state index in [1.54, 1.807) is 24.4 Å². The molecule has 0 radical (unpaired) electrons. The van der Waals surface area contributed by atoms with Gasteiger partial charge in [-0.3, -0.25) is 4.79 Å². The molecule has 0 bridgehead atoms. The van der Waals surface area contributed by atoms with E-state index in [4.69, 9.17) is 11.6 Å². The summed E-state index contributed by atoms with van der Waals surface area (Å²) in [7, 11) is 0. The van der Waals surface area contributed by atoms with E-state index < -0.39 is 0 Å². The molecular formula is C15H17ClN4O. The van der Waals surface area contributed by atoms with Gasteiger partial charge in [0.2, 0.25) is 0 Å². The first-order chi connectivity index (χ1) is 9.97. The zero-order valence-electron chi connectivity index (χ0n) is 12.1. The van der Waals surface area contributed by atoms with Crippen LogP contribution in [-0.2, 0) is 0 Å². The first-order valence-corrected chi connectivity index (χ1v) is 7.00. The molecule has 1 aromatic heterocycles. The van der Waals surface area contributed by atoms with Crippen LogP contribution in [-0.4, -0.2) is 21.9 Å². The molecule has 0 atom stereocenters. The summed E-state index contributed by atoms with van der Waals surface area (Å²) in [6, 6.07) is 5.61. The smallest absolute Gasteiger partial charge is 0.275 e. The fraction of sp³-hybridized carbons (Fsp3) is 0.267. The van der Waals surface area contributed by atoms with E-state index in [-0.39, 0.29) is 17.6 Å². The van der Waals surface area contributed by atoms with Gasteiger partial charge >= 0.3 is 0 Å². The third-order valence-electron chi connectivity index (χ3n) is 2.84. The number of benzene rings is 1. The molecular weight excluding hydrogens is 288 g/mol. The number of carbonyl (C=O) groups is 1. The van der Waals surface area contributed by atoms with Crippen molar-refractivity contribution in [3.8, 4) is 0 Å². The van der Waals surface area contributed by atoms with Gasteiger partial charge in [0, 0.05) is 16.8 Å². The average Bonchev–Trinajstić information content (AvgIpc) is 2.44. The lowest BCUT2D eigenvalue weighted by atomic mass is 10.2. The van der Waals surface area contributed by atoms with Crippen LogP contribution in [0.5, 0.6) is 0 Å². The number of anilines is 2. The van der Waals surface area contributed by atoms with Gasteiger partial charge in [-0.1, -0.05) is 17.7 Å². The lowest BCUT2D eigenvalue weighted by molar-refractivity contribution is 0.102. The SMILES string of the molecule is Cc1c(Cl)cccc1NC(=O)c1cnc(NC(C)C)cn1. The largest absolute Gasteiger partial charge is 0.367 e. The van der Waals surface area contributed by atoms with Crippen LogP contribution in [0, 0.1) is 6.92 Å². The molecule has 5 nitrogen and oxygen atoms in total. The van der Waals surface area contributed by atoms with E-state index in [1.165, 1.54) is 6.20 Å². The van der Waals surface area contributed by atoms with Gasteiger partial charge in [0.15, 0.2) is 0 Å². The molecule has 0 fully saturated rings. The van der Waals surface area contributed by atoms with E-state index in [0.29, 0.717) is 16.5 Å². The summed E-state index contributed by atoms with van der Waals surface area (Å²) in [6.45, 7) is 5.85. The molecule has 110 valence electrons. The van der Waals surface area contributed by atoms with Gasteiger partial charge in [-0.05, 0) is 38.5 Å². The number of hydrogen-bond donors (Lipinski definition) is 2. The van der Waals surface area contributed by atoms with Crippen molar-refractivity contribution in [2.45, 2.75) is 26.8 Å². The standard InChI is InChI=1S/C15H17ClN4O/c1-9(2)19-14-8-17-13(7-18-14)15(21)20-12-6-4-5-11(16)10(12)3/h4-9H,1-3H3,(H,18,19)(H,20,21). The van der Waals surface area contributed by atoms with Crippen LogP contribution in [0.2, 0.25) is 5.02 Å². The maximum absolute atomic E-state index is 12.1. The van der Waals surface area contributed by atoms with Gasteiger partial charge in [-0.25, -0.2) is 9.97 Å². The van der Waals surface area contributed by atoms with E-state index in [2.05, 4.69) is 20.6 Å². The Morgan fingerprint density at radius 1 is 1.24 bits per heavy atom. The number of amides is 1. The molecule has 1 aromatic carbocycles. The highest BCUT2D eigenvalue weighted by molar-refractivity contribution is 6.31.